The Morgan fingerprint density at radius 1 is 1.05 bits per heavy atom. The van der Waals surface area contributed by atoms with Crippen LogP contribution in [0.3, 0.4) is 0 Å². The van der Waals surface area contributed by atoms with Crippen LogP contribution in [0.4, 0.5) is 5.69 Å². The van der Waals surface area contributed by atoms with Crippen LogP contribution in [-0.4, -0.2) is 56.8 Å². The van der Waals surface area contributed by atoms with Crippen LogP contribution >= 0.6 is 0 Å². The third-order valence-electron chi connectivity index (χ3n) is 7.57. The van der Waals surface area contributed by atoms with Crippen LogP contribution < -0.4 is 19.1 Å². The van der Waals surface area contributed by atoms with Crippen LogP contribution in [0, 0.1) is 6.92 Å². The second-order valence-electron chi connectivity index (χ2n) is 10.8. The van der Waals surface area contributed by atoms with Gasteiger partial charge in [0.25, 0.3) is 0 Å². The SMILES string of the molecule is CCC(C(=O)NC1CCCCC1)N(Cc1cccc(C)c1)C(=O)CCCN(c1ccc2c(c1)OCO2)S(C)(=O)=O. The first-order valence-electron chi connectivity index (χ1n) is 14.2. The van der Waals surface area contributed by atoms with Crippen LogP contribution in [0.15, 0.2) is 42.5 Å². The summed E-state index contributed by atoms with van der Waals surface area (Å²) < 4.78 is 37.3. The smallest absolute Gasteiger partial charge is 0.243 e. The molecule has 0 radical (unpaired) electrons. The molecule has 1 aliphatic heterocycles. The molecule has 2 aromatic rings. The number of hydrogen-bond donors (Lipinski definition) is 1. The summed E-state index contributed by atoms with van der Waals surface area (Å²) in [6, 6.07) is 12.5. The Hall–Kier alpha value is -3.27. The molecule has 40 heavy (non-hydrogen) atoms. The molecule has 4 rings (SSSR count). The number of aryl methyl sites for hydroxylation is 1. The molecule has 0 saturated heterocycles. The van der Waals surface area contributed by atoms with Crippen molar-refractivity contribution in [2.75, 3.05) is 23.9 Å². The maximum atomic E-state index is 13.7. The summed E-state index contributed by atoms with van der Waals surface area (Å²) in [7, 11) is -3.61. The molecule has 1 fully saturated rings. The second kappa shape index (κ2) is 13.4. The number of carbonyl (C=O) groups excluding carboxylic acids is 2. The number of anilines is 1. The Labute approximate surface area is 237 Å². The predicted molar refractivity (Wildman–Crippen MR) is 155 cm³/mol. The Kier molecular flexibility index (Phi) is 9.95. The van der Waals surface area contributed by atoms with Crippen molar-refractivity contribution < 1.29 is 27.5 Å². The molecule has 2 aromatic carbocycles. The molecule has 218 valence electrons. The number of nitrogens with one attached hydrogen (secondary N) is 1. The van der Waals surface area contributed by atoms with Crippen molar-refractivity contribution in [2.24, 2.45) is 0 Å². The summed E-state index contributed by atoms with van der Waals surface area (Å²) >= 11 is 0. The van der Waals surface area contributed by atoms with Crippen LogP contribution in [0.25, 0.3) is 0 Å². The van der Waals surface area contributed by atoms with Gasteiger partial charge in [-0.05, 0) is 50.3 Å². The Balaban J connectivity index is 1.48. The first kappa shape index (κ1) is 29.7. The molecule has 0 aromatic heterocycles. The molecule has 1 unspecified atom stereocenters. The first-order chi connectivity index (χ1) is 19.2. The van der Waals surface area contributed by atoms with Crippen LogP contribution in [0.1, 0.15) is 69.4 Å². The molecule has 1 saturated carbocycles. The second-order valence-corrected chi connectivity index (χ2v) is 12.7. The monoisotopic (exact) mass is 571 g/mol. The van der Waals surface area contributed by atoms with Crippen molar-refractivity contribution in [1.82, 2.24) is 10.2 Å². The number of fused-ring (bicyclic) bond motifs is 1. The maximum absolute atomic E-state index is 13.7. The van der Waals surface area contributed by atoms with Gasteiger partial charge < -0.3 is 19.7 Å². The van der Waals surface area contributed by atoms with Gasteiger partial charge in [0.15, 0.2) is 11.5 Å². The van der Waals surface area contributed by atoms with E-state index in [2.05, 4.69) is 5.32 Å². The van der Waals surface area contributed by atoms with Crippen molar-refractivity contribution in [3.05, 3.63) is 53.6 Å². The number of amides is 2. The zero-order valence-electron chi connectivity index (χ0n) is 23.7. The van der Waals surface area contributed by atoms with E-state index in [1.54, 1.807) is 23.1 Å². The molecule has 10 heteroatoms. The number of rotatable bonds is 12. The van der Waals surface area contributed by atoms with E-state index >= 15 is 0 Å². The zero-order valence-corrected chi connectivity index (χ0v) is 24.5. The quantitative estimate of drug-likeness (QED) is 0.402. The Bertz CT molecular complexity index is 1290. The lowest BCUT2D eigenvalue weighted by Gasteiger charge is -2.33. The van der Waals surface area contributed by atoms with E-state index in [-0.39, 0.29) is 37.6 Å². The van der Waals surface area contributed by atoms with Gasteiger partial charge in [-0.15, -0.1) is 0 Å². The van der Waals surface area contributed by atoms with E-state index in [4.69, 9.17) is 9.47 Å². The van der Waals surface area contributed by atoms with Gasteiger partial charge in [0, 0.05) is 31.6 Å². The predicted octanol–water partition coefficient (Wildman–Crippen LogP) is 4.53. The number of carbonyl (C=O) groups is 2. The topological polar surface area (TPSA) is 105 Å². The van der Waals surface area contributed by atoms with Crippen molar-refractivity contribution in [3.8, 4) is 11.5 Å². The van der Waals surface area contributed by atoms with Gasteiger partial charge in [-0.2, -0.15) is 0 Å². The number of sulfonamides is 1. The van der Waals surface area contributed by atoms with Crippen LogP contribution in [-0.2, 0) is 26.2 Å². The summed E-state index contributed by atoms with van der Waals surface area (Å²) in [4.78, 5) is 28.8. The molecule has 1 N–H and O–H groups in total. The average Bonchev–Trinajstić information content (AvgIpc) is 3.39. The molecular formula is C30H41N3O6S. The highest BCUT2D eigenvalue weighted by molar-refractivity contribution is 7.92. The fourth-order valence-corrected chi connectivity index (χ4v) is 6.47. The van der Waals surface area contributed by atoms with E-state index in [0.717, 1.165) is 43.1 Å². The third kappa shape index (κ3) is 7.68. The molecule has 0 bridgehead atoms. The maximum Gasteiger partial charge on any atom is 0.243 e. The fraction of sp³-hybridized carbons (Fsp3) is 0.533. The molecule has 1 aliphatic carbocycles. The highest BCUT2D eigenvalue weighted by atomic mass is 32.2. The molecule has 0 spiro atoms. The first-order valence-corrected chi connectivity index (χ1v) is 16.0. The van der Waals surface area contributed by atoms with Crippen molar-refractivity contribution in [2.45, 2.75) is 83.8 Å². The van der Waals surface area contributed by atoms with Gasteiger partial charge in [-0.3, -0.25) is 13.9 Å². The van der Waals surface area contributed by atoms with Crippen molar-refractivity contribution in [1.29, 1.82) is 0 Å². The van der Waals surface area contributed by atoms with E-state index in [0.29, 0.717) is 36.6 Å². The molecule has 1 atom stereocenters. The van der Waals surface area contributed by atoms with Gasteiger partial charge in [0.05, 0.1) is 11.9 Å². The van der Waals surface area contributed by atoms with E-state index in [1.807, 2.05) is 38.1 Å². The highest BCUT2D eigenvalue weighted by Crippen LogP contribution is 2.36. The van der Waals surface area contributed by atoms with Crippen LogP contribution in [0.5, 0.6) is 11.5 Å². The molecule has 9 nitrogen and oxygen atoms in total. The van der Waals surface area contributed by atoms with E-state index in [9.17, 15) is 18.0 Å². The van der Waals surface area contributed by atoms with Crippen molar-refractivity contribution in [3.63, 3.8) is 0 Å². The molecule has 2 aliphatic rings. The highest BCUT2D eigenvalue weighted by Gasteiger charge is 2.30. The van der Waals surface area contributed by atoms with Gasteiger partial charge in [0.2, 0.25) is 28.6 Å². The minimum Gasteiger partial charge on any atom is -0.454 e. The summed E-state index contributed by atoms with van der Waals surface area (Å²) in [5.74, 6) is 0.761. The third-order valence-corrected chi connectivity index (χ3v) is 8.76. The van der Waals surface area contributed by atoms with Gasteiger partial charge in [-0.25, -0.2) is 8.42 Å². The Morgan fingerprint density at radius 3 is 2.50 bits per heavy atom. The number of ether oxygens (including phenoxy) is 2. The largest absolute Gasteiger partial charge is 0.454 e. The lowest BCUT2D eigenvalue weighted by molar-refractivity contribution is -0.141. The molecular weight excluding hydrogens is 530 g/mol. The summed E-state index contributed by atoms with van der Waals surface area (Å²) in [5.41, 5.74) is 2.49. The number of hydrogen-bond acceptors (Lipinski definition) is 6. The van der Waals surface area contributed by atoms with Crippen LogP contribution in [0.2, 0.25) is 0 Å². The lowest BCUT2D eigenvalue weighted by Crippen LogP contribution is -2.51. The standard InChI is InChI=1S/C30H41N3O6S/c1-4-26(30(35)31-24-12-6-5-7-13-24)32(20-23-11-8-10-22(2)18-23)29(34)14-9-17-33(40(3,36)37)25-15-16-27-28(19-25)39-21-38-27/h8,10-11,15-16,18-19,24,26H,4-7,9,12-14,17,20-21H2,1-3H3,(H,31,35). The molecule has 1 heterocycles. The minimum absolute atomic E-state index is 0.0931. The average molecular weight is 572 g/mol. The van der Waals surface area contributed by atoms with Gasteiger partial charge >= 0.3 is 0 Å². The van der Waals surface area contributed by atoms with E-state index in [1.165, 1.54) is 10.7 Å². The Morgan fingerprint density at radius 2 is 1.80 bits per heavy atom. The fourth-order valence-electron chi connectivity index (χ4n) is 5.52. The zero-order chi connectivity index (χ0) is 28.7. The van der Waals surface area contributed by atoms with Gasteiger partial charge in [0.1, 0.15) is 6.04 Å². The van der Waals surface area contributed by atoms with E-state index < -0.39 is 16.1 Å². The minimum atomic E-state index is -3.61. The summed E-state index contributed by atoms with van der Waals surface area (Å²) in [5, 5.41) is 3.20. The number of nitrogens with zero attached hydrogens (tertiary/aromatic N) is 2. The van der Waals surface area contributed by atoms with Crippen molar-refractivity contribution >= 4 is 27.5 Å². The summed E-state index contributed by atoms with van der Waals surface area (Å²) in [6.45, 7) is 4.45. The normalized spacial score (nSPS) is 15.9. The molecule has 2 amide bonds. The van der Waals surface area contributed by atoms with Gasteiger partial charge in [-0.1, -0.05) is 56.0 Å². The summed E-state index contributed by atoms with van der Waals surface area (Å²) in [6.07, 6.45) is 7.38. The number of benzene rings is 2. The lowest BCUT2D eigenvalue weighted by atomic mass is 9.95.